The van der Waals surface area contributed by atoms with Crippen molar-refractivity contribution in [2.24, 2.45) is 7.05 Å². The second kappa shape index (κ2) is 6.41. The van der Waals surface area contributed by atoms with Gasteiger partial charge in [0, 0.05) is 37.6 Å². The van der Waals surface area contributed by atoms with E-state index in [9.17, 15) is 4.79 Å². The molecule has 8 nitrogen and oxygen atoms in total. The third kappa shape index (κ3) is 3.20. The monoisotopic (exact) mass is 357 g/mol. The molecule has 0 spiro atoms. The van der Waals surface area contributed by atoms with Crippen LogP contribution in [0.15, 0.2) is 24.7 Å². The van der Waals surface area contributed by atoms with Crippen molar-refractivity contribution in [3.05, 3.63) is 35.2 Å². The highest BCUT2D eigenvalue weighted by molar-refractivity contribution is 7.17. The standard InChI is InChI=1S/C16H19N7OS/c1-10-14(25-16(19-10)11-7-18-22(2)9-11)15(24)20-13-4-6-23(21-13)12-3-5-17-8-12/h4,6-7,9,12,17H,3,5,8H2,1-2H3,(H,20,21,24). The summed E-state index contributed by atoms with van der Waals surface area (Å²) in [5.41, 5.74) is 1.62. The van der Waals surface area contributed by atoms with Crippen LogP contribution in [0.25, 0.3) is 10.6 Å². The third-order valence-corrected chi connectivity index (χ3v) is 5.42. The summed E-state index contributed by atoms with van der Waals surface area (Å²) in [5.74, 6) is 0.382. The molecule has 4 heterocycles. The Morgan fingerprint density at radius 1 is 1.48 bits per heavy atom. The predicted octanol–water partition coefficient (Wildman–Crippen LogP) is 1.84. The molecule has 0 aliphatic carbocycles. The fraction of sp³-hybridized carbons (Fsp3) is 0.375. The lowest BCUT2D eigenvalue weighted by atomic mass is 10.3. The first-order valence-corrected chi connectivity index (χ1v) is 8.95. The van der Waals surface area contributed by atoms with Crippen LogP contribution in [0.1, 0.15) is 27.8 Å². The summed E-state index contributed by atoms with van der Waals surface area (Å²) in [6, 6.07) is 2.18. The van der Waals surface area contributed by atoms with Crippen molar-refractivity contribution in [1.82, 2.24) is 29.9 Å². The number of aromatic nitrogens is 5. The van der Waals surface area contributed by atoms with E-state index in [1.807, 2.05) is 37.1 Å². The second-order valence-electron chi connectivity index (χ2n) is 6.12. The van der Waals surface area contributed by atoms with E-state index in [1.165, 1.54) is 11.3 Å². The molecule has 3 aromatic heterocycles. The first-order chi connectivity index (χ1) is 12.1. The van der Waals surface area contributed by atoms with Gasteiger partial charge in [-0.3, -0.25) is 14.2 Å². The number of carbonyl (C=O) groups is 1. The lowest BCUT2D eigenvalue weighted by Crippen LogP contribution is -2.15. The highest BCUT2D eigenvalue weighted by Crippen LogP contribution is 2.28. The van der Waals surface area contributed by atoms with E-state index in [0.29, 0.717) is 22.4 Å². The Morgan fingerprint density at radius 2 is 2.36 bits per heavy atom. The van der Waals surface area contributed by atoms with E-state index in [0.717, 1.165) is 30.1 Å². The highest BCUT2D eigenvalue weighted by Gasteiger charge is 2.20. The number of nitrogens with one attached hydrogen (secondary N) is 2. The van der Waals surface area contributed by atoms with Crippen molar-refractivity contribution < 1.29 is 4.79 Å². The molecule has 1 aliphatic heterocycles. The zero-order chi connectivity index (χ0) is 17.4. The minimum atomic E-state index is -0.181. The number of rotatable bonds is 4. The Hall–Kier alpha value is -2.52. The Kier molecular flexibility index (Phi) is 4.10. The van der Waals surface area contributed by atoms with Crippen LogP contribution < -0.4 is 10.6 Å². The summed E-state index contributed by atoms with van der Waals surface area (Å²) in [6.45, 7) is 3.76. The van der Waals surface area contributed by atoms with Gasteiger partial charge in [-0.1, -0.05) is 0 Å². The van der Waals surface area contributed by atoms with E-state index < -0.39 is 0 Å². The van der Waals surface area contributed by atoms with Gasteiger partial charge in [-0.05, 0) is 19.9 Å². The molecule has 2 N–H and O–H groups in total. The van der Waals surface area contributed by atoms with Gasteiger partial charge in [0.1, 0.15) is 9.88 Å². The largest absolute Gasteiger partial charge is 0.315 e. The van der Waals surface area contributed by atoms with Gasteiger partial charge in [-0.15, -0.1) is 11.3 Å². The van der Waals surface area contributed by atoms with E-state index in [-0.39, 0.29) is 5.91 Å². The number of aryl methyl sites for hydroxylation is 2. The zero-order valence-corrected chi connectivity index (χ0v) is 14.9. The lowest BCUT2D eigenvalue weighted by Gasteiger charge is -2.08. The average molecular weight is 357 g/mol. The van der Waals surface area contributed by atoms with Gasteiger partial charge in [-0.25, -0.2) is 4.98 Å². The number of hydrogen-bond donors (Lipinski definition) is 2. The number of nitrogens with zero attached hydrogens (tertiary/aromatic N) is 5. The van der Waals surface area contributed by atoms with Gasteiger partial charge in [0.2, 0.25) is 0 Å². The van der Waals surface area contributed by atoms with Crippen LogP contribution >= 0.6 is 11.3 Å². The minimum Gasteiger partial charge on any atom is -0.315 e. The van der Waals surface area contributed by atoms with Gasteiger partial charge in [0.25, 0.3) is 5.91 Å². The van der Waals surface area contributed by atoms with E-state index in [4.69, 9.17) is 0 Å². The van der Waals surface area contributed by atoms with Crippen molar-refractivity contribution in [3.8, 4) is 10.6 Å². The zero-order valence-electron chi connectivity index (χ0n) is 14.1. The first kappa shape index (κ1) is 16.0. The molecule has 3 aromatic rings. The Bertz CT molecular complexity index is 903. The Morgan fingerprint density at radius 3 is 3.08 bits per heavy atom. The molecular weight excluding hydrogens is 338 g/mol. The Labute approximate surface area is 148 Å². The number of anilines is 1. The van der Waals surface area contributed by atoms with Gasteiger partial charge in [0.15, 0.2) is 5.82 Å². The van der Waals surface area contributed by atoms with E-state index >= 15 is 0 Å². The average Bonchev–Trinajstić information content (AvgIpc) is 3.32. The molecule has 1 atom stereocenters. The fourth-order valence-corrected chi connectivity index (χ4v) is 3.84. The number of carbonyl (C=O) groups excluding carboxylic acids is 1. The quantitative estimate of drug-likeness (QED) is 0.744. The first-order valence-electron chi connectivity index (χ1n) is 8.14. The Balaban J connectivity index is 1.50. The maximum atomic E-state index is 12.6. The molecular formula is C16H19N7OS. The predicted molar refractivity (Wildman–Crippen MR) is 95.8 cm³/mol. The molecule has 1 saturated heterocycles. The lowest BCUT2D eigenvalue weighted by molar-refractivity contribution is 0.102. The van der Waals surface area contributed by atoms with Crippen LogP contribution in [0.4, 0.5) is 5.82 Å². The number of thiazole rings is 1. The minimum absolute atomic E-state index is 0.181. The topological polar surface area (TPSA) is 89.7 Å². The summed E-state index contributed by atoms with van der Waals surface area (Å²) >= 11 is 1.36. The molecule has 1 aliphatic rings. The van der Waals surface area contributed by atoms with E-state index in [2.05, 4.69) is 25.8 Å². The van der Waals surface area contributed by atoms with Gasteiger partial charge < -0.3 is 10.6 Å². The van der Waals surface area contributed by atoms with Crippen molar-refractivity contribution >= 4 is 23.1 Å². The van der Waals surface area contributed by atoms with Crippen molar-refractivity contribution in [3.63, 3.8) is 0 Å². The summed E-state index contributed by atoms with van der Waals surface area (Å²) < 4.78 is 3.63. The molecule has 1 amide bonds. The number of hydrogen-bond acceptors (Lipinski definition) is 6. The van der Waals surface area contributed by atoms with Crippen molar-refractivity contribution in [2.45, 2.75) is 19.4 Å². The molecule has 130 valence electrons. The molecule has 9 heteroatoms. The van der Waals surface area contributed by atoms with Crippen LogP contribution in [-0.2, 0) is 7.05 Å². The van der Waals surface area contributed by atoms with Crippen molar-refractivity contribution in [1.29, 1.82) is 0 Å². The summed E-state index contributed by atoms with van der Waals surface area (Å²) in [7, 11) is 1.85. The molecule has 1 unspecified atom stereocenters. The van der Waals surface area contributed by atoms with Crippen molar-refractivity contribution in [2.75, 3.05) is 18.4 Å². The summed E-state index contributed by atoms with van der Waals surface area (Å²) in [4.78, 5) is 17.7. The maximum Gasteiger partial charge on any atom is 0.268 e. The van der Waals surface area contributed by atoms with Gasteiger partial charge in [-0.2, -0.15) is 10.2 Å². The van der Waals surface area contributed by atoms with Crippen LogP contribution in [0.3, 0.4) is 0 Å². The second-order valence-corrected chi connectivity index (χ2v) is 7.12. The van der Waals surface area contributed by atoms with Gasteiger partial charge >= 0.3 is 0 Å². The van der Waals surface area contributed by atoms with E-state index in [1.54, 1.807) is 10.9 Å². The molecule has 0 radical (unpaired) electrons. The third-order valence-electron chi connectivity index (χ3n) is 4.21. The highest BCUT2D eigenvalue weighted by atomic mass is 32.1. The van der Waals surface area contributed by atoms with Crippen LogP contribution in [0.2, 0.25) is 0 Å². The van der Waals surface area contributed by atoms with Crippen LogP contribution in [0.5, 0.6) is 0 Å². The summed E-state index contributed by atoms with van der Waals surface area (Å²) in [6.07, 6.45) is 6.60. The molecule has 0 aromatic carbocycles. The SMILES string of the molecule is Cc1nc(-c2cnn(C)c2)sc1C(=O)Nc1ccn(C2CCNC2)n1. The molecule has 0 bridgehead atoms. The maximum absolute atomic E-state index is 12.6. The summed E-state index contributed by atoms with van der Waals surface area (Å²) in [5, 5.41) is 15.6. The molecule has 4 rings (SSSR count). The van der Waals surface area contributed by atoms with Gasteiger partial charge in [0.05, 0.1) is 17.9 Å². The smallest absolute Gasteiger partial charge is 0.268 e. The molecule has 0 saturated carbocycles. The molecule has 1 fully saturated rings. The molecule has 25 heavy (non-hydrogen) atoms. The van der Waals surface area contributed by atoms with Crippen LogP contribution in [0, 0.1) is 6.92 Å². The fourth-order valence-electron chi connectivity index (χ4n) is 2.91. The number of amides is 1. The normalized spacial score (nSPS) is 17.1. The van der Waals surface area contributed by atoms with Crippen LogP contribution in [-0.4, -0.2) is 43.5 Å².